The molecule has 29 heavy (non-hydrogen) atoms. The van der Waals surface area contributed by atoms with Gasteiger partial charge in [-0.1, -0.05) is 47.5 Å². The molecule has 0 atom stereocenters. The fourth-order valence-electron chi connectivity index (χ4n) is 2.67. The lowest BCUT2D eigenvalue weighted by molar-refractivity contribution is 0.0951. The maximum Gasteiger partial charge on any atom is 0.261 e. The minimum absolute atomic E-state index is 0.0677. The number of hydrogen-bond acceptors (Lipinski definition) is 3. The number of amides is 1. The van der Waals surface area contributed by atoms with Crippen molar-refractivity contribution in [1.29, 1.82) is 0 Å². The van der Waals surface area contributed by atoms with Gasteiger partial charge >= 0.3 is 0 Å². The van der Waals surface area contributed by atoms with E-state index in [0.717, 1.165) is 11.1 Å². The van der Waals surface area contributed by atoms with Crippen molar-refractivity contribution < 1.29 is 13.2 Å². The lowest BCUT2D eigenvalue weighted by Crippen LogP contribution is -2.23. The second-order valence-electron chi connectivity index (χ2n) is 6.36. The zero-order chi connectivity index (χ0) is 21.0. The number of aryl methyl sites for hydroxylation is 1. The molecule has 0 aliphatic carbocycles. The lowest BCUT2D eigenvalue weighted by atomic mass is 10.1. The number of anilines is 1. The summed E-state index contributed by atoms with van der Waals surface area (Å²) in [4.78, 5) is 12.5. The SMILES string of the molecule is Cc1ccccc1CNC(=O)c1ccc(NS(=O)(=O)c2ccc(Cl)cc2)cc1Cl. The molecule has 2 N–H and O–H groups in total. The molecule has 3 rings (SSSR count). The molecule has 5 nitrogen and oxygen atoms in total. The average molecular weight is 449 g/mol. The quantitative estimate of drug-likeness (QED) is 0.554. The van der Waals surface area contributed by atoms with Gasteiger partial charge in [0.25, 0.3) is 15.9 Å². The molecule has 0 saturated carbocycles. The molecule has 1 amide bonds. The number of benzene rings is 3. The molecule has 150 valence electrons. The number of rotatable bonds is 6. The average Bonchev–Trinajstić information content (AvgIpc) is 2.67. The Bertz CT molecular complexity index is 1150. The van der Waals surface area contributed by atoms with Gasteiger partial charge in [-0.3, -0.25) is 9.52 Å². The first-order valence-corrected chi connectivity index (χ1v) is 10.9. The molecule has 0 fully saturated rings. The standard InChI is InChI=1S/C21H18Cl2N2O3S/c1-14-4-2-3-5-15(14)13-24-21(26)19-11-8-17(12-20(19)23)25-29(27,28)18-9-6-16(22)7-10-18/h2-12,25H,13H2,1H3,(H,24,26). The van der Waals surface area contributed by atoms with Crippen LogP contribution >= 0.6 is 23.2 Å². The van der Waals surface area contributed by atoms with Crippen LogP contribution in [0.1, 0.15) is 21.5 Å². The van der Waals surface area contributed by atoms with Crippen LogP contribution in [0, 0.1) is 6.92 Å². The Hall–Kier alpha value is -2.54. The highest BCUT2D eigenvalue weighted by molar-refractivity contribution is 7.92. The summed E-state index contributed by atoms with van der Waals surface area (Å²) in [6.07, 6.45) is 0. The minimum Gasteiger partial charge on any atom is -0.348 e. The van der Waals surface area contributed by atoms with E-state index in [-0.39, 0.29) is 27.1 Å². The smallest absolute Gasteiger partial charge is 0.261 e. The molecule has 0 bridgehead atoms. The first-order chi connectivity index (χ1) is 13.8. The van der Waals surface area contributed by atoms with Gasteiger partial charge in [0.2, 0.25) is 0 Å². The molecule has 0 aromatic heterocycles. The van der Waals surface area contributed by atoms with Gasteiger partial charge in [-0.15, -0.1) is 0 Å². The van der Waals surface area contributed by atoms with Gasteiger partial charge in [0.1, 0.15) is 0 Å². The number of sulfonamides is 1. The van der Waals surface area contributed by atoms with Crippen molar-refractivity contribution in [2.75, 3.05) is 4.72 Å². The predicted molar refractivity (Wildman–Crippen MR) is 116 cm³/mol. The molecular formula is C21H18Cl2N2O3S. The Morgan fingerprint density at radius 3 is 2.31 bits per heavy atom. The third kappa shape index (κ3) is 5.29. The van der Waals surface area contributed by atoms with Crippen LogP contribution < -0.4 is 10.0 Å². The van der Waals surface area contributed by atoms with Crippen molar-refractivity contribution in [3.8, 4) is 0 Å². The second-order valence-corrected chi connectivity index (χ2v) is 8.89. The van der Waals surface area contributed by atoms with Crippen LogP contribution in [-0.4, -0.2) is 14.3 Å². The zero-order valence-corrected chi connectivity index (χ0v) is 17.8. The summed E-state index contributed by atoms with van der Waals surface area (Å²) >= 11 is 12.0. The van der Waals surface area contributed by atoms with Gasteiger partial charge < -0.3 is 5.32 Å². The molecule has 0 heterocycles. The summed E-state index contributed by atoms with van der Waals surface area (Å²) in [5.74, 6) is -0.342. The highest BCUT2D eigenvalue weighted by Gasteiger charge is 2.16. The van der Waals surface area contributed by atoms with E-state index in [1.807, 2.05) is 31.2 Å². The van der Waals surface area contributed by atoms with Crippen molar-refractivity contribution in [1.82, 2.24) is 5.32 Å². The lowest BCUT2D eigenvalue weighted by Gasteiger charge is -2.11. The Balaban J connectivity index is 1.72. The van der Waals surface area contributed by atoms with Crippen molar-refractivity contribution in [3.63, 3.8) is 0 Å². The molecule has 3 aromatic carbocycles. The Morgan fingerprint density at radius 1 is 0.966 bits per heavy atom. The molecule has 0 saturated heterocycles. The normalized spacial score (nSPS) is 11.1. The van der Waals surface area contributed by atoms with Crippen LogP contribution in [0.25, 0.3) is 0 Å². The molecule has 8 heteroatoms. The van der Waals surface area contributed by atoms with E-state index in [1.165, 1.54) is 42.5 Å². The maximum absolute atomic E-state index is 12.5. The summed E-state index contributed by atoms with van der Waals surface area (Å²) in [6, 6.07) is 17.9. The zero-order valence-electron chi connectivity index (χ0n) is 15.4. The monoisotopic (exact) mass is 448 g/mol. The van der Waals surface area contributed by atoms with Gasteiger partial charge in [0, 0.05) is 11.6 Å². The third-order valence-corrected chi connectivity index (χ3v) is 6.25. The molecule has 0 spiro atoms. The molecule has 0 unspecified atom stereocenters. The number of hydrogen-bond donors (Lipinski definition) is 2. The van der Waals surface area contributed by atoms with Crippen LogP contribution in [0.4, 0.5) is 5.69 Å². The van der Waals surface area contributed by atoms with E-state index in [4.69, 9.17) is 23.2 Å². The Morgan fingerprint density at radius 2 is 1.66 bits per heavy atom. The van der Waals surface area contributed by atoms with Crippen LogP contribution in [0.5, 0.6) is 0 Å². The van der Waals surface area contributed by atoms with Crippen LogP contribution in [0.2, 0.25) is 10.0 Å². The second kappa shape index (κ2) is 8.86. The van der Waals surface area contributed by atoms with Crippen molar-refractivity contribution in [2.45, 2.75) is 18.4 Å². The van der Waals surface area contributed by atoms with E-state index in [2.05, 4.69) is 10.0 Å². The summed E-state index contributed by atoms with van der Waals surface area (Å²) in [5.41, 5.74) is 2.59. The van der Waals surface area contributed by atoms with Crippen LogP contribution in [0.3, 0.4) is 0 Å². The maximum atomic E-state index is 12.5. The van der Waals surface area contributed by atoms with Gasteiger partial charge in [-0.2, -0.15) is 0 Å². The van der Waals surface area contributed by atoms with Crippen LogP contribution in [-0.2, 0) is 16.6 Å². The van der Waals surface area contributed by atoms with Gasteiger partial charge in [-0.05, 0) is 60.5 Å². The topological polar surface area (TPSA) is 75.3 Å². The van der Waals surface area contributed by atoms with Gasteiger partial charge in [0.15, 0.2) is 0 Å². The minimum atomic E-state index is -3.80. The van der Waals surface area contributed by atoms with Crippen LogP contribution in [0.15, 0.2) is 71.6 Å². The van der Waals surface area contributed by atoms with E-state index in [9.17, 15) is 13.2 Å². The van der Waals surface area contributed by atoms with Gasteiger partial charge in [-0.25, -0.2) is 8.42 Å². The molecule has 0 radical (unpaired) electrons. The molecular weight excluding hydrogens is 431 g/mol. The largest absolute Gasteiger partial charge is 0.348 e. The van der Waals surface area contributed by atoms with E-state index in [0.29, 0.717) is 11.6 Å². The van der Waals surface area contributed by atoms with E-state index in [1.54, 1.807) is 0 Å². The summed E-state index contributed by atoms with van der Waals surface area (Å²) in [7, 11) is -3.80. The number of carbonyl (C=O) groups excluding carboxylic acids is 1. The fraction of sp³-hybridized carbons (Fsp3) is 0.0952. The summed E-state index contributed by atoms with van der Waals surface area (Å²) < 4.78 is 27.4. The number of nitrogens with one attached hydrogen (secondary N) is 2. The van der Waals surface area contributed by atoms with E-state index < -0.39 is 10.0 Å². The van der Waals surface area contributed by atoms with Crippen molar-refractivity contribution in [3.05, 3.63) is 93.5 Å². The highest BCUT2D eigenvalue weighted by Crippen LogP contribution is 2.24. The van der Waals surface area contributed by atoms with Gasteiger partial charge in [0.05, 0.1) is 21.2 Å². The fourth-order valence-corrected chi connectivity index (χ4v) is 4.11. The third-order valence-electron chi connectivity index (χ3n) is 4.29. The van der Waals surface area contributed by atoms with Crippen molar-refractivity contribution >= 4 is 44.8 Å². The highest BCUT2D eigenvalue weighted by atomic mass is 35.5. The molecule has 3 aromatic rings. The number of halogens is 2. The summed E-state index contributed by atoms with van der Waals surface area (Å²) in [6.45, 7) is 2.34. The summed E-state index contributed by atoms with van der Waals surface area (Å²) in [5, 5.41) is 3.40. The number of carbonyl (C=O) groups is 1. The van der Waals surface area contributed by atoms with Crippen molar-refractivity contribution in [2.24, 2.45) is 0 Å². The predicted octanol–water partition coefficient (Wildman–Crippen LogP) is 5.03. The Kier molecular flexibility index (Phi) is 6.47. The van der Waals surface area contributed by atoms with E-state index >= 15 is 0 Å². The molecule has 0 aliphatic heterocycles. The Labute approximate surface area is 179 Å². The molecule has 0 aliphatic rings. The first-order valence-electron chi connectivity index (χ1n) is 8.67. The first kappa shape index (κ1) is 21.2.